The van der Waals surface area contributed by atoms with Crippen LogP contribution >= 0.6 is 35.7 Å². The maximum atomic E-state index is 5.40. The van der Waals surface area contributed by atoms with Crippen molar-refractivity contribution in [3.63, 3.8) is 0 Å². The van der Waals surface area contributed by atoms with E-state index in [-0.39, 0.29) is 24.0 Å². The third-order valence-electron chi connectivity index (χ3n) is 4.01. The standard InChI is InChI=1S/C18H29N3O3S.HI/c1-5-19-18(21-12-14-7-6-8-25-14)20-11-13-9-15(22-2)17(24-4)16(10-13)23-3;/h9-10,14H,5-8,11-12H2,1-4H3,(H2,19,20,21);1H. The molecule has 0 spiro atoms. The lowest BCUT2D eigenvalue weighted by atomic mass is 10.2. The van der Waals surface area contributed by atoms with E-state index < -0.39 is 0 Å². The largest absolute Gasteiger partial charge is 0.493 e. The van der Waals surface area contributed by atoms with E-state index in [9.17, 15) is 0 Å². The van der Waals surface area contributed by atoms with Crippen molar-refractivity contribution in [1.82, 2.24) is 10.6 Å². The molecule has 0 amide bonds. The summed E-state index contributed by atoms with van der Waals surface area (Å²) in [5, 5.41) is 7.43. The van der Waals surface area contributed by atoms with E-state index in [1.807, 2.05) is 23.9 Å². The summed E-state index contributed by atoms with van der Waals surface area (Å²) in [5.74, 6) is 4.00. The molecule has 8 heteroatoms. The highest BCUT2D eigenvalue weighted by Gasteiger charge is 2.16. The second-order valence-corrected chi connectivity index (χ2v) is 7.15. The number of methoxy groups -OCH3 is 3. The Labute approximate surface area is 177 Å². The van der Waals surface area contributed by atoms with E-state index in [1.165, 1.54) is 18.6 Å². The number of hydrogen-bond donors (Lipinski definition) is 2. The molecular weight excluding hydrogens is 465 g/mol. The van der Waals surface area contributed by atoms with E-state index in [0.717, 1.165) is 24.6 Å². The highest BCUT2D eigenvalue weighted by Crippen LogP contribution is 2.38. The van der Waals surface area contributed by atoms with E-state index in [1.54, 1.807) is 21.3 Å². The predicted octanol–water partition coefficient (Wildman–Crippen LogP) is 3.28. The lowest BCUT2D eigenvalue weighted by Gasteiger charge is -2.15. The number of guanidine groups is 1. The lowest BCUT2D eigenvalue weighted by molar-refractivity contribution is 0.324. The molecule has 1 aromatic carbocycles. The van der Waals surface area contributed by atoms with Gasteiger partial charge in [-0.2, -0.15) is 11.8 Å². The zero-order chi connectivity index (χ0) is 18.1. The second-order valence-electron chi connectivity index (χ2n) is 5.74. The highest BCUT2D eigenvalue weighted by atomic mass is 127. The fraction of sp³-hybridized carbons (Fsp3) is 0.611. The van der Waals surface area contributed by atoms with Crippen molar-refractivity contribution in [1.29, 1.82) is 0 Å². The number of nitrogens with zero attached hydrogens (tertiary/aromatic N) is 1. The molecule has 1 aliphatic rings. The van der Waals surface area contributed by atoms with Crippen LogP contribution in [0.5, 0.6) is 17.2 Å². The molecule has 1 aromatic rings. The maximum absolute atomic E-state index is 5.40. The first-order chi connectivity index (χ1) is 12.2. The molecule has 0 aliphatic carbocycles. The molecule has 148 valence electrons. The van der Waals surface area contributed by atoms with Crippen LogP contribution in [0.4, 0.5) is 0 Å². The van der Waals surface area contributed by atoms with Crippen LogP contribution in [0.25, 0.3) is 0 Å². The van der Waals surface area contributed by atoms with Gasteiger partial charge in [-0.25, -0.2) is 4.99 Å². The summed E-state index contributed by atoms with van der Waals surface area (Å²) in [6.45, 7) is 4.38. The minimum atomic E-state index is 0. The molecule has 2 N–H and O–H groups in total. The number of benzene rings is 1. The summed E-state index contributed by atoms with van der Waals surface area (Å²) in [6.07, 6.45) is 2.60. The number of aliphatic imine (C=N–C) groups is 1. The summed E-state index contributed by atoms with van der Waals surface area (Å²) in [7, 11) is 4.84. The monoisotopic (exact) mass is 495 g/mol. The summed E-state index contributed by atoms with van der Waals surface area (Å²) in [5.41, 5.74) is 1.00. The van der Waals surface area contributed by atoms with Gasteiger partial charge in [0.15, 0.2) is 17.5 Å². The number of thioether (sulfide) groups is 1. The summed E-state index contributed by atoms with van der Waals surface area (Å²) in [6, 6.07) is 3.86. The number of hydrogen-bond acceptors (Lipinski definition) is 5. The summed E-state index contributed by atoms with van der Waals surface area (Å²) >= 11 is 2.04. The average Bonchev–Trinajstić information content (AvgIpc) is 3.16. The zero-order valence-electron chi connectivity index (χ0n) is 16.0. The predicted molar refractivity (Wildman–Crippen MR) is 120 cm³/mol. The lowest BCUT2D eigenvalue weighted by Crippen LogP contribution is -2.40. The Bertz CT molecular complexity index is 556. The topological polar surface area (TPSA) is 64.1 Å². The maximum Gasteiger partial charge on any atom is 0.203 e. The Balaban J connectivity index is 0.00000338. The normalized spacial score (nSPS) is 16.6. The Morgan fingerprint density at radius 3 is 2.35 bits per heavy atom. The molecule has 1 unspecified atom stereocenters. The van der Waals surface area contributed by atoms with Gasteiger partial charge in [0.05, 0.1) is 27.9 Å². The molecule has 1 fully saturated rings. The number of rotatable bonds is 8. The summed E-state index contributed by atoms with van der Waals surface area (Å²) < 4.78 is 16.2. The van der Waals surface area contributed by atoms with Gasteiger partial charge in [-0.1, -0.05) is 0 Å². The number of halogens is 1. The van der Waals surface area contributed by atoms with Crippen LogP contribution in [0.15, 0.2) is 17.1 Å². The molecule has 2 rings (SSSR count). The van der Waals surface area contributed by atoms with E-state index in [2.05, 4.69) is 22.5 Å². The quantitative estimate of drug-likeness (QED) is 0.328. The SMILES string of the molecule is CCNC(=NCc1cc(OC)c(OC)c(OC)c1)NCC1CCCS1.I. The molecule has 1 aliphatic heterocycles. The fourth-order valence-corrected chi connectivity index (χ4v) is 3.96. The van der Waals surface area contributed by atoms with E-state index in [4.69, 9.17) is 14.2 Å². The van der Waals surface area contributed by atoms with E-state index >= 15 is 0 Å². The molecule has 6 nitrogen and oxygen atoms in total. The molecular formula is C18H30IN3O3S. The smallest absolute Gasteiger partial charge is 0.203 e. The van der Waals surface area contributed by atoms with Crippen molar-refractivity contribution in [2.75, 3.05) is 40.2 Å². The molecule has 0 bridgehead atoms. The Hall–Kier alpha value is -1.03. The number of ether oxygens (including phenoxy) is 3. The third-order valence-corrected chi connectivity index (χ3v) is 5.41. The Morgan fingerprint density at radius 1 is 1.15 bits per heavy atom. The van der Waals surface area contributed by atoms with Crippen molar-refractivity contribution in [3.05, 3.63) is 17.7 Å². The van der Waals surface area contributed by atoms with Crippen LogP contribution in [0.2, 0.25) is 0 Å². The molecule has 0 aromatic heterocycles. The van der Waals surface area contributed by atoms with E-state index in [0.29, 0.717) is 29.0 Å². The van der Waals surface area contributed by atoms with Crippen LogP contribution in [0.1, 0.15) is 25.3 Å². The molecule has 1 atom stereocenters. The first-order valence-electron chi connectivity index (χ1n) is 8.64. The van der Waals surface area contributed by atoms with Crippen molar-refractivity contribution < 1.29 is 14.2 Å². The Morgan fingerprint density at radius 2 is 1.85 bits per heavy atom. The first-order valence-corrected chi connectivity index (χ1v) is 9.69. The van der Waals surface area contributed by atoms with Gasteiger partial charge < -0.3 is 24.8 Å². The van der Waals surface area contributed by atoms with Gasteiger partial charge >= 0.3 is 0 Å². The van der Waals surface area contributed by atoms with Crippen molar-refractivity contribution >= 4 is 41.7 Å². The van der Waals surface area contributed by atoms with Gasteiger partial charge in [-0.15, -0.1) is 24.0 Å². The van der Waals surface area contributed by atoms with Gasteiger partial charge in [-0.05, 0) is 43.2 Å². The second kappa shape index (κ2) is 12.4. The molecule has 26 heavy (non-hydrogen) atoms. The highest BCUT2D eigenvalue weighted by molar-refractivity contribution is 14.0. The first kappa shape index (κ1) is 23.0. The molecule has 1 heterocycles. The van der Waals surface area contributed by atoms with Crippen molar-refractivity contribution in [2.45, 2.75) is 31.6 Å². The van der Waals surface area contributed by atoms with Gasteiger partial charge in [-0.3, -0.25) is 0 Å². The van der Waals surface area contributed by atoms with Crippen molar-refractivity contribution in [3.8, 4) is 17.2 Å². The minimum Gasteiger partial charge on any atom is -0.493 e. The van der Waals surface area contributed by atoms with Crippen LogP contribution < -0.4 is 24.8 Å². The molecule has 0 saturated carbocycles. The fourth-order valence-electron chi connectivity index (χ4n) is 2.75. The van der Waals surface area contributed by atoms with Crippen LogP contribution in [0.3, 0.4) is 0 Å². The van der Waals surface area contributed by atoms with Gasteiger partial charge in [0, 0.05) is 18.3 Å². The van der Waals surface area contributed by atoms with Crippen LogP contribution in [-0.2, 0) is 6.54 Å². The number of nitrogens with one attached hydrogen (secondary N) is 2. The molecule has 0 radical (unpaired) electrons. The third kappa shape index (κ3) is 6.61. The van der Waals surface area contributed by atoms with Gasteiger partial charge in [0.1, 0.15) is 0 Å². The van der Waals surface area contributed by atoms with Gasteiger partial charge in [0.2, 0.25) is 5.75 Å². The zero-order valence-corrected chi connectivity index (χ0v) is 19.1. The van der Waals surface area contributed by atoms with Crippen LogP contribution in [0, 0.1) is 0 Å². The summed E-state index contributed by atoms with van der Waals surface area (Å²) in [4.78, 5) is 4.68. The molecule has 1 saturated heterocycles. The van der Waals surface area contributed by atoms with Crippen LogP contribution in [-0.4, -0.2) is 51.4 Å². The average molecular weight is 495 g/mol. The Kier molecular flexibility index (Phi) is 11.0. The minimum absolute atomic E-state index is 0. The van der Waals surface area contributed by atoms with Gasteiger partial charge in [0.25, 0.3) is 0 Å². The van der Waals surface area contributed by atoms with Crippen molar-refractivity contribution in [2.24, 2.45) is 4.99 Å².